The van der Waals surface area contributed by atoms with E-state index in [-0.39, 0.29) is 23.7 Å². The molecule has 1 aromatic carbocycles. The van der Waals surface area contributed by atoms with E-state index >= 15 is 0 Å². The lowest BCUT2D eigenvalue weighted by Gasteiger charge is -2.25. The average Bonchev–Trinajstić information content (AvgIpc) is 2.86. The van der Waals surface area contributed by atoms with Gasteiger partial charge in [0.1, 0.15) is 0 Å². The van der Waals surface area contributed by atoms with Gasteiger partial charge in [-0.2, -0.15) is 5.10 Å². The lowest BCUT2D eigenvalue weighted by atomic mass is 9.87. The van der Waals surface area contributed by atoms with E-state index in [1.165, 1.54) is 0 Å². The van der Waals surface area contributed by atoms with Gasteiger partial charge in [-0.3, -0.25) is 4.79 Å². The molecule has 1 atom stereocenters. The van der Waals surface area contributed by atoms with Crippen LogP contribution < -0.4 is 11.1 Å². The largest absolute Gasteiger partial charge is 0.319 e. The zero-order valence-corrected chi connectivity index (χ0v) is 13.2. The van der Waals surface area contributed by atoms with Crippen molar-refractivity contribution in [2.75, 3.05) is 5.32 Å². The number of hydrogen-bond acceptors (Lipinski definition) is 3. The molecule has 2 rings (SSSR count). The van der Waals surface area contributed by atoms with Crippen molar-refractivity contribution in [3.05, 3.63) is 42.6 Å². The Balaban J connectivity index is 0.00000220. The fourth-order valence-corrected chi connectivity index (χ4v) is 1.71. The number of benzene rings is 1. The van der Waals surface area contributed by atoms with Crippen LogP contribution in [0.2, 0.25) is 0 Å². The van der Waals surface area contributed by atoms with Crippen molar-refractivity contribution in [1.29, 1.82) is 0 Å². The van der Waals surface area contributed by atoms with E-state index in [9.17, 15) is 4.79 Å². The van der Waals surface area contributed by atoms with Crippen LogP contribution in [-0.2, 0) is 4.79 Å². The van der Waals surface area contributed by atoms with Crippen molar-refractivity contribution in [2.45, 2.75) is 26.8 Å². The van der Waals surface area contributed by atoms with Crippen molar-refractivity contribution < 1.29 is 4.79 Å². The number of para-hydroxylation sites is 1. The molecule has 0 saturated carbocycles. The molecule has 3 N–H and O–H groups in total. The summed E-state index contributed by atoms with van der Waals surface area (Å²) in [5.74, 6) is 0.273. The Kier molecular flexibility index (Phi) is 5.52. The normalized spacial score (nSPS) is 12.4. The van der Waals surface area contributed by atoms with Crippen molar-refractivity contribution in [1.82, 2.24) is 9.78 Å². The minimum absolute atomic E-state index is 0. The monoisotopic (exact) mass is 308 g/mol. The van der Waals surface area contributed by atoms with Crippen LogP contribution in [0.4, 0.5) is 5.82 Å². The van der Waals surface area contributed by atoms with Gasteiger partial charge in [-0.25, -0.2) is 4.68 Å². The first-order chi connectivity index (χ1) is 9.38. The van der Waals surface area contributed by atoms with Gasteiger partial charge >= 0.3 is 0 Å². The number of anilines is 1. The van der Waals surface area contributed by atoms with Gasteiger partial charge in [-0.1, -0.05) is 39.0 Å². The van der Waals surface area contributed by atoms with Gasteiger partial charge < -0.3 is 11.1 Å². The molecule has 0 bridgehead atoms. The van der Waals surface area contributed by atoms with Gasteiger partial charge in [-0.05, 0) is 17.5 Å². The topological polar surface area (TPSA) is 72.9 Å². The molecule has 0 fully saturated rings. The molecule has 0 spiro atoms. The number of nitrogens with zero attached hydrogens (tertiary/aromatic N) is 2. The van der Waals surface area contributed by atoms with Gasteiger partial charge in [0.05, 0.1) is 11.7 Å². The Morgan fingerprint density at radius 1 is 1.24 bits per heavy atom. The zero-order chi connectivity index (χ0) is 14.8. The minimum atomic E-state index is -0.579. The number of carbonyl (C=O) groups is 1. The first-order valence-electron chi connectivity index (χ1n) is 6.55. The molecule has 1 amide bonds. The van der Waals surface area contributed by atoms with Crippen LogP contribution in [0.1, 0.15) is 20.8 Å². The number of hydrogen-bond donors (Lipinski definition) is 2. The van der Waals surface area contributed by atoms with Gasteiger partial charge in [0, 0.05) is 12.3 Å². The molecule has 5 nitrogen and oxygen atoms in total. The summed E-state index contributed by atoms with van der Waals surface area (Å²) in [5.41, 5.74) is 6.57. The van der Waals surface area contributed by atoms with Gasteiger partial charge in [0.15, 0.2) is 5.82 Å². The summed E-state index contributed by atoms with van der Waals surface area (Å²) >= 11 is 0. The molecule has 0 unspecified atom stereocenters. The SMILES string of the molecule is CC(C)(C)[C@H](N)C(=O)Nc1ccn(-c2ccccc2)n1.Cl. The fourth-order valence-electron chi connectivity index (χ4n) is 1.71. The van der Waals surface area contributed by atoms with Gasteiger partial charge in [0.2, 0.25) is 5.91 Å². The van der Waals surface area contributed by atoms with Crippen LogP contribution in [0.15, 0.2) is 42.6 Å². The lowest BCUT2D eigenvalue weighted by Crippen LogP contribution is -2.45. The van der Waals surface area contributed by atoms with Crippen LogP contribution >= 0.6 is 12.4 Å². The predicted molar refractivity (Wildman–Crippen MR) is 86.9 cm³/mol. The summed E-state index contributed by atoms with van der Waals surface area (Å²) in [5, 5.41) is 7.06. The fraction of sp³-hybridized carbons (Fsp3) is 0.333. The van der Waals surface area contributed by atoms with Crippen molar-refractivity contribution in [3.8, 4) is 5.69 Å². The second-order valence-electron chi connectivity index (χ2n) is 5.81. The first-order valence-corrected chi connectivity index (χ1v) is 6.55. The molecule has 0 aliphatic heterocycles. The molecular weight excluding hydrogens is 288 g/mol. The van der Waals surface area contributed by atoms with Crippen LogP contribution in [0.3, 0.4) is 0 Å². The summed E-state index contributed by atoms with van der Waals surface area (Å²) in [4.78, 5) is 12.0. The number of nitrogens with two attached hydrogens (primary N) is 1. The molecule has 6 heteroatoms. The number of aromatic nitrogens is 2. The van der Waals surface area contributed by atoms with Crippen molar-refractivity contribution >= 4 is 24.1 Å². The van der Waals surface area contributed by atoms with Crippen LogP contribution in [0.25, 0.3) is 5.69 Å². The third kappa shape index (κ3) is 4.31. The Morgan fingerprint density at radius 3 is 2.43 bits per heavy atom. The summed E-state index contributed by atoms with van der Waals surface area (Å²) in [6, 6.07) is 10.9. The smallest absolute Gasteiger partial charge is 0.243 e. The molecule has 114 valence electrons. The molecule has 2 aromatic rings. The highest BCUT2D eigenvalue weighted by atomic mass is 35.5. The van der Waals surface area contributed by atoms with E-state index < -0.39 is 6.04 Å². The van der Waals surface area contributed by atoms with Crippen molar-refractivity contribution in [2.24, 2.45) is 11.1 Å². The van der Waals surface area contributed by atoms with Crippen LogP contribution in [0.5, 0.6) is 0 Å². The summed E-state index contributed by atoms with van der Waals surface area (Å²) in [6.07, 6.45) is 1.80. The van der Waals surface area contributed by atoms with Gasteiger partial charge in [0.25, 0.3) is 0 Å². The lowest BCUT2D eigenvalue weighted by molar-refractivity contribution is -0.119. The molecule has 1 heterocycles. The summed E-state index contributed by atoms with van der Waals surface area (Å²) < 4.78 is 1.71. The second-order valence-corrected chi connectivity index (χ2v) is 5.81. The third-order valence-electron chi connectivity index (χ3n) is 3.08. The van der Waals surface area contributed by atoms with Crippen molar-refractivity contribution in [3.63, 3.8) is 0 Å². The van der Waals surface area contributed by atoms with E-state index in [0.717, 1.165) is 5.69 Å². The average molecular weight is 309 g/mol. The number of halogens is 1. The number of carbonyl (C=O) groups excluding carboxylic acids is 1. The first kappa shape index (κ1) is 17.2. The molecule has 1 aromatic heterocycles. The van der Waals surface area contributed by atoms with E-state index in [4.69, 9.17) is 5.73 Å². The molecular formula is C15H21ClN4O. The summed E-state index contributed by atoms with van der Waals surface area (Å²) in [7, 11) is 0. The van der Waals surface area contributed by atoms with E-state index in [2.05, 4.69) is 10.4 Å². The minimum Gasteiger partial charge on any atom is -0.319 e. The van der Waals surface area contributed by atoms with E-state index in [1.54, 1.807) is 16.9 Å². The summed E-state index contributed by atoms with van der Waals surface area (Å²) in [6.45, 7) is 5.79. The maximum Gasteiger partial charge on any atom is 0.243 e. The molecule has 0 aliphatic rings. The number of amides is 1. The second kappa shape index (κ2) is 6.74. The maximum atomic E-state index is 12.0. The highest BCUT2D eigenvalue weighted by Crippen LogP contribution is 2.18. The molecule has 0 radical (unpaired) electrons. The maximum absolute atomic E-state index is 12.0. The Bertz CT molecular complexity index is 589. The Morgan fingerprint density at radius 2 is 1.86 bits per heavy atom. The third-order valence-corrected chi connectivity index (χ3v) is 3.08. The molecule has 0 aliphatic carbocycles. The zero-order valence-electron chi connectivity index (χ0n) is 12.4. The standard InChI is InChI=1S/C15H20N4O.ClH/c1-15(2,3)13(16)14(20)17-12-9-10-19(18-12)11-7-5-4-6-8-11;/h4-10,13H,16H2,1-3H3,(H,17,18,20);1H/t13-;/m1./s1. The number of nitrogens with one attached hydrogen (secondary N) is 1. The quantitative estimate of drug-likeness (QED) is 0.915. The number of rotatable bonds is 3. The Hall–Kier alpha value is -1.85. The van der Waals surface area contributed by atoms with E-state index in [0.29, 0.717) is 5.82 Å². The van der Waals surface area contributed by atoms with Crippen LogP contribution in [-0.4, -0.2) is 21.7 Å². The highest BCUT2D eigenvalue weighted by molar-refractivity contribution is 5.94. The molecule has 0 saturated heterocycles. The van der Waals surface area contributed by atoms with Crippen LogP contribution in [0, 0.1) is 5.41 Å². The predicted octanol–water partition coefficient (Wildman–Crippen LogP) is 2.61. The highest BCUT2D eigenvalue weighted by Gasteiger charge is 2.27. The van der Waals surface area contributed by atoms with Gasteiger partial charge in [-0.15, -0.1) is 12.4 Å². The Labute approximate surface area is 130 Å². The van der Waals surface area contributed by atoms with E-state index in [1.807, 2.05) is 51.1 Å². The molecule has 21 heavy (non-hydrogen) atoms.